The summed E-state index contributed by atoms with van der Waals surface area (Å²) in [6.07, 6.45) is 2.94. The second-order valence-electron chi connectivity index (χ2n) is 5.71. The van der Waals surface area contributed by atoms with E-state index < -0.39 is 5.97 Å². The van der Waals surface area contributed by atoms with Crippen LogP contribution >= 0.6 is 11.3 Å². The van der Waals surface area contributed by atoms with Crippen molar-refractivity contribution in [1.82, 2.24) is 4.98 Å². The Kier molecular flexibility index (Phi) is 6.29. The van der Waals surface area contributed by atoms with Gasteiger partial charge in [0.2, 0.25) is 0 Å². The molecule has 1 amide bonds. The van der Waals surface area contributed by atoms with Crippen LogP contribution < -0.4 is 5.32 Å². The van der Waals surface area contributed by atoms with E-state index in [2.05, 4.69) is 10.3 Å². The van der Waals surface area contributed by atoms with Crippen molar-refractivity contribution in [2.75, 3.05) is 11.9 Å². The van der Waals surface area contributed by atoms with Gasteiger partial charge in [-0.1, -0.05) is 24.3 Å². The third-order valence-corrected chi connectivity index (χ3v) is 4.54. The Morgan fingerprint density at radius 2 is 2.04 bits per heavy atom. The van der Waals surface area contributed by atoms with E-state index in [1.807, 2.05) is 0 Å². The first-order valence-corrected chi connectivity index (χ1v) is 9.41. The number of anilines is 1. The summed E-state index contributed by atoms with van der Waals surface area (Å²) in [5.74, 6) is -1.15. The lowest BCUT2D eigenvalue weighted by atomic mass is 10.2. The molecule has 0 bridgehead atoms. The zero-order chi connectivity index (χ0) is 19.9. The van der Waals surface area contributed by atoms with Crippen LogP contribution in [0.3, 0.4) is 0 Å². The fourth-order valence-corrected chi connectivity index (χ4v) is 3.20. The molecule has 142 valence electrons. The second kappa shape index (κ2) is 9.05. The summed E-state index contributed by atoms with van der Waals surface area (Å²) < 4.78 is 18.2. The van der Waals surface area contributed by atoms with E-state index in [1.54, 1.807) is 54.8 Å². The molecule has 7 heteroatoms. The molecule has 0 aliphatic rings. The van der Waals surface area contributed by atoms with Gasteiger partial charge in [-0.15, -0.1) is 11.3 Å². The molecule has 0 fully saturated rings. The van der Waals surface area contributed by atoms with E-state index in [0.29, 0.717) is 22.9 Å². The summed E-state index contributed by atoms with van der Waals surface area (Å²) in [5.41, 5.74) is 2.17. The molecule has 0 saturated carbocycles. The van der Waals surface area contributed by atoms with E-state index >= 15 is 0 Å². The number of benzene rings is 2. The standard InChI is InChI=1S/C21H17FN2O3S/c1-2-27-19(25)10-9-14-5-3-8-17(11-14)23-20(26)18-13-28-21(24-18)15-6-4-7-16(22)12-15/h3-13H,2H2,1H3,(H,23,26)/b10-9+. The van der Waals surface area contributed by atoms with Crippen LogP contribution in [-0.2, 0) is 9.53 Å². The van der Waals surface area contributed by atoms with E-state index in [9.17, 15) is 14.0 Å². The number of rotatable bonds is 6. The first-order valence-electron chi connectivity index (χ1n) is 8.53. The van der Waals surface area contributed by atoms with Crippen molar-refractivity contribution in [2.45, 2.75) is 6.92 Å². The van der Waals surface area contributed by atoms with Gasteiger partial charge in [0, 0.05) is 22.7 Å². The van der Waals surface area contributed by atoms with Crippen LogP contribution in [-0.4, -0.2) is 23.5 Å². The average molecular weight is 396 g/mol. The smallest absolute Gasteiger partial charge is 0.330 e. The maximum Gasteiger partial charge on any atom is 0.330 e. The third-order valence-electron chi connectivity index (χ3n) is 3.65. The van der Waals surface area contributed by atoms with E-state index in [0.717, 1.165) is 5.56 Å². The molecular formula is C21H17FN2O3S. The van der Waals surface area contributed by atoms with E-state index in [1.165, 1.54) is 29.5 Å². The van der Waals surface area contributed by atoms with Gasteiger partial charge in [0.15, 0.2) is 0 Å². The zero-order valence-electron chi connectivity index (χ0n) is 15.0. The maximum absolute atomic E-state index is 13.4. The molecule has 0 aliphatic heterocycles. The Morgan fingerprint density at radius 1 is 1.21 bits per heavy atom. The Labute approximate surface area is 165 Å². The molecule has 0 aliphatic carbocycles. The molecule has 3 aromatic rings. The van der Waals surface area contributed by atoms with E-state index in [-0.39, 0.29) is 17.4 Å². The predicted molar refractivity (Wildman–Crippen MR) is 108 cm³/mol. The van der Waals surface area contributed by atoms with Crippen molar-refractivity contribution >= 4 is 35.0 Å². The van der Waals surface area contributed by atoms with Crippen LogP contribution in [0.5, 0.6) is 0 Å². The molecular weight excluding hydrogens is 379 g/mol. The Morgan fingerprint density at radius 3 is 2.82 bits per heavy atom. The molecule has 0 unspecified atom stereocenters. The van der Waals surface area contributed by atoms with E-state index in [4.69, 9.17) is 4.74 Å². The number of hydrogen-bond acceptors (Lipinski definition) is 5. The number of nitrogens with zero attached hydrogens (tertiary/aromatic N) is 1. The minimum Gasteiger partial charge on any atom is -0.463 e. The minimum atomic E-state index is -0.427. The van der Waals surface area contributed by atoms with Crippen molar-refractivity contribution in [3.63, 3.8) is 0 Å². The Bertz CT molecular complexity index is 1030. The fourth-order valence-electron chi connectivity index (χ4n) is 2.40. The number of aromatic nitrogens is 1. The largest absolute Gasteiger partial charge is 0.463 e. The van der Waals surface area contributed by atoms with Crippen LogP contribution in [0.2, 0.25) is 0 Å². The number of carbonyl (C=O) groups excluding carboxylic acids is 2. The molecule has 0 saturated heterocycles. The highest BCUT2D eigenvalue weighted by Crippen LogP contribution is 2.24. The van der Waals surface area contributed by atoms with Crippen LogP contribution in [0.1, 0.15) is 23.0 Å². The molecule has 1 N–H and O–H groups in total. The zero-order valence-corrected chi connectivity index (χ0v) is 15.8. The van der Waals surface area contributed by atoms with Crippen LogP contribution in [0.25, 0.3) is 16.6 Å². The van der Waals surface area contributed by atoms with Crippen molar-refractivity contribution in [3.05, 3.63) is 77.1 Å². The molecule has 5 nitrogen and oxygen atoms in total. The van der Waals surface area contributed by atoms with Crippen molar-refractivity contribution in [1.29, 1.82) is 0 Å². The third kappa shape index (κ3) is 5.11. The van der Waals surface area contributed by atoms with Crippen molar-refractivity contribution in [2.24, 2.45) is 0 Å². The minimum absolute atomic E-state index is 0.247. The number of halogens is 1. The normalized spacial score (nSPS) is 10.8. The number of esters is 1. The predicted octanol–water partition coefficient (Wildman–Crippen LogP) is 4.78. The highest BCUT2D eigenvalue weighted by atomic mass is 32.1. The molecule has 28 heavy (non-hydrogen) atoms. The first-order chi connectivity index (χ1) is 13.5. The lowest BCUT2D eigenvalue weighted by Gasteiger charge is -2.04. The van der Waals surface area contributed by atoms with Crippen molar-refractivity contribution in [3.8, 4) is 10.6 Å². The lowest BCUT2D eigenvalue weighted by Crippen LogP contribution is -2.12. The highest BCUT2D eigenvalue weighted by molar-refractivity contribution is 7.13. The lowest BCUT2D eigenvalue weighted by molar-refractivity contribution is -0.137. The van der Waals surface area contributed by atoms with Gasteiger partial charge < -0.3 is 10.1 Å². The summed E-state index contributed by atoms with van der Waals surface area (Å²) in [4.78, 5) is 28.1. The monoisotopic (exact) mass is 396 g/mol. The maximum atomic E-state index is 13.4. The number of carbonyl (C=O) groups is 2. The molecule has 0 radical (unpaired) electrons. The second-order valence-corrected chi connectivity index (χ2v) is 6.57. The van der Waals surface area contributed by atoms with Gasteiger partial charge in [-0.2, -0.15) is 0 Å². The summed E-state index contributed by atoms with van der Waals surface area (Å²) in [6.45, 7) is 2.05. The summed E-state index contributed by atoms with van der Waals surface area (Å²) in [5, 5.41) is 4.96. The summed E-state index contributed by atoms with van der Waals surface area (Å²) in [7, 11) is 0. The molecule has 1 heterocycles. The number of thiazole rings is 1. The molecule has 3 rings (SSSR count). The van der Waals surface area contributed by atoms with Gasteiger partial charge >= 0.3 is 5.97 Å². The van der Waals surface area contributed by atoms with Crippen LogP contribution in [0.15, 0.2) is 60.0 Å². The van der Waals surface area contributed by atoms with Gasteiger partial charge in [-0.3, -0.25) is 4.79 Å². The Balaban J connectivity index is 1.70. The van der Waals surface area contributed by atoms with Gasteiger partial charge in [0.25, 0.3) is 5.91 Å². The molecule has 0 atom stereocenters. The molecule has 0 spiro atoms. The number of nitrogens with one attached hydrogen (secondary N) is 1. The fraction of sp³-hybridized carbons (Fsp3) is 0.0952. The topological polar surface area (TPSA) is 68.3 Å². The Hall–Kier alpha value is -3.32. The SMILES string of the molecule is CCOC(=O)/C=C/c1cccc(NC(=O)c2csc(-c3cccc(F)c3)n2)c1. The molecule has 1 aromatic heterocycles. The van der Waals surface area contributed by atoms with Gasteiger partial charge in [-0.05, 0) is 42.8 Å². The van der Waals surface area contributed by atoms with Crippen LogP contribution in [0, 0.1) is 5.82 Å². The van der Waals surface area contributed by atoms with Gasteiger partial charge in [-0.25, -0.2) is 14.2 Å². The van der Waals surface area contributed by atoms with Gasteiger partial charge in [0.1, 0.15) is 16.5 Å². The number of hydrogen-bond donors (Lipinski definition) is 1. The average Bonchev–Trinajstić information content (AvgIpc) is 3.17. The number of amides is 1. The summed E-state index contributed by atoms with van der Waals surface area (Å²) in [6, 6.07) is 13.1. The summed E-state index contributed by atoms with van der Waals surface area (Å²) >= 11 is 1.27. The van der Waals surface area contributed by atoms with Crippen LogP contribution in [0.4, 0.5) is 10.1 Å². The van der Waals surface area contributed by atoms with Gasteiger partial charge in [0.05, 0.1) is 6.61 Å². The number of ether oxygens (including phenoxy) is 1. The first kappa shape index (κ1) is 19.4. The highest BCUT2D eigenvalue weighted by Gasteiger charge is 2.12. The molecule has 2 aromatic carbocycles. The quantitative estimate of drug-likeness (QED) is 0.481. The van der Waals surface area contributed by atoms with Crippen molar-refractivity contribution < 1.29 is 18.7 Å².